The van der Waals surface area contributed by atoms with Crippen molar-refractivity contribution in [1.29, 1.82) is 0 Å². The summed E-state index contributed by atoms with van der Waals surface area (Å²) in [4.78, 5) is 12.4. The van der Waals surface area contributed by atoms with E-state index >= 15 is 0 Å². The van der Waals surface area contributed by atoms with Crippen molar-refractivity contribution in [3.05, 3.63) is 53.6 Å². The second-order valence-electron chi connectivity index (χ2n) is 7.40. The van der Waals surface area contributed by atoms with Gasteiger partial charge in [-0.25, -0.2) is 0 Å². The average Bonchev–Trinajstić information content (AvgIpc) is 2.65. The monoisotopic (exact) mass is 409 g/mol. The summed E-state index contributed by atoms with van der Waals surface area (Å²) in [6, 6.07) is 9.43. The Kier molecular flexibility index (Phi) is 5.64. The van der Waals surface area contributed by atoms with Gasteiger partial charge in [-0.2, -0.15) is 13.2 Å². The number of carbonyl (C=O) groups is 1. The number of hydrogen-bond acceptors (Lipinski definition) is 4. The largest absolute Gasteiger partial charge is 0.497 e. The highest BCUT2D eigenvalue weighted by Crippen LogP contribution is 2.41. The minimum Gasteiger partial charge on any atom is -0.497 e. The van der Waals surface area contributed by atoms with Crippen LogP contribution >= 0.6 is 0 Å². The maximum absolute atomic E-state index is 12.8. The van der Waals surface area contributed by atoms with Crippen LogP contribution in [0.2, 0.25) is 0 Å². The van der Waals surface area contributed by atoms with Crippen molar-refractivity contribution >= 4 is 5.91 Å². The second kappa shape index (κ2) is 7.85. The third-order valence-electron chi connectivity index (χ3n) is 4.54. The van der Waals surface area contributed by atoms with Gasteiger partial charge in [0.25, 0.3) is 5.91 Å². The molecule has 1 unspecified atom stereocenters. The van der Waals surface area contributed by atoms with Gasteiger partial charge in [0.1, 0.15) is 22.8 Å². The average molecular weight is 409 g/mol. The number of halogens is 3. The lowest BCUT2D eigenvalue weighted by Gasteiger charge is -2.38. The lowest BCUT2D eigenvalue weighted by atomic mass is 9.89. The highest BCUT2D eigenvalue weighted by molar-refractivity contribution is 5.78. The predicted octanol–water partition coefficient (Wildman–Crippen LogP) is 4.51. The Hall–Kier alpha value is -2.90. The fraction of sp³-hybridized carbons (Fsp3) is 0.381. The number of methoxy groups -OCH3 is 1. The molecule has 2 aromatic rings. The SMILES string of the molecule is COc1ccc2c(c1)C(NC(=O)COc1cccc(C(F)(F)F)c1)CC(C)(C)O2. The normalized spacial score (nSPS) is 17.7. The first kappa shape index (κ1) is 20.8. The van der Waals surface area contributed by atoms with E-state index in [-0.39, 0.29) is 11.8 Å². The Morgan fingerprint density at radius 1 is 1.21 bits per heavy atom. The van der Waals surface area contributed by atoms with Gasteiger partial charge in [0.15, 0.2) is 6.61 Å². The summed E-state index contributed by atoms with van der Waals surface area (Å²) in [7, 11) is 1.55. The molecule has 8 heteroatoms. The van der Waals surface area contributed by atoms with E-state index in [9.17, 15) is 18.0 Å². The molecular weight excluding hydrogens is 387 g/mol. The number of fused-ring (bicyclic) bond motifs is 1. The van der Waals surface area contributed by atoms with Gasteiger partial charge in [0, 0.05) is 12.0 Å². The molecule has 0 bridgehead atoms. The maximum atomic E-state index is 12.8. The molecule has 0 saturated heterocycles. The van der Waals surface area contributed by atoms with Gasteiger partial charge < -0.3 is 19.5 Å². The maximum Gasteiger partial charge on any atom is 0.416 e. The minimum absolute atomic E-state index is 0.0237. The van der Waals surface area contributed by atoms with E-state index in [2.05, 4.69) is 5.32 Å². The molecule has 156 valence electrons. The molecule has 0 spiro atoms. The van der Waals surface area contributed by atoms with Crippen molar-refractivity contribution in [2.75, 3.05) is 13.7 Å². The van der Waals surface area contributed by atoms with Gasteiger partial charge in [0.05, 0.1) is 18.7 Å². The smallest absolute Gasteiger partial charge is 0.416 e. The molecular formula is C21H22F3NO4. The molecule has 0 fully saturated rings. The zero-order valence-electron chi connectivity index (χ0n) is 16.3. The van der Waals surface area contributed by atoms with Crippen LogP contribution in [0.4, 0.5) is 13.2 Å². The molecule has 1 heterocycles. The molecule has 1 atom stereocenters. The summed E-state index contributed by atoms with van der Waals surface area (Å²) in [5.41, 5.74) is -0.555. The molecule has 1 aliphatic rings. The summed E-state index contributed by atoms with van der Waals surface area (Å²) in [5.74, 6) is 0.806. The molecule has 29 heavy (non-hydrogen) atoms. The van der Waals surface area contributed by atoms with Crippen LogP contribution < -0.4 is 19.5 Å². The van der Waals surface area contributed by atoms with Gasteiger partial charge in [0.2, 0.25) is 0 Å². The topological polar surface area (TPSA) is 56.8 Å². The van der Waals surface area contributed by atoms with Crippen LogP contribution in [0.3, 0.4) is 0 Å². The number of nitrogens with one attached hydrogen (secondary N) is 1. The zero-order chi connectivity index (χ0) is 21.2. The predicted molar refractivity (Wildman–Crippen MR) is 100 cm³/mol. The Labute approximate surface area is 166 Å². The summed E-state index contributed by atoms with van der Waals surface area (Å²) in [6.07, 6.45) is -3.96. The van der Waals surface area contributed by atoms with Crippen LogP contribution in [0.15, 0.2) is 42.5 Å². The quantitative estimate of drug-likeness (QED) is 0.790. The Morgan fingerprint density at radius 3 is 2.66 bits per heavy atom. The summed E-state index contributed by atoms with van der Waals surface area (Å²) in [5, 5.41) is 2.88. The molecule has 2 aromatic carbocycles. The van der Waals surface area contributed by atoms with Gasteiger partial charge in [-0.05, 0) is 50.2 Å². The van der Waals surface area contributed by atoms with Gasteiger partial charge in [-0.15, -0.1) is 0 Å². The standard InChI is InChI=1S/C21H22F3NO4/c1-20(2)11-17(16-10-14(27-3)7-8-18(16)29-20)25-19(26)12-28-15-6-4-5-13(9-15)21(22,23)24/h4-10,17H,11-12H2,1-3H3,(H,25,26). The summed E-state index contributed by atoms with van der Waals surface area (Å²) in [6.45, 7) is 3.43. The zero-order valence-corrected chi connectivity index (χ0v) is 16.3. The van der Waals surface area contributed by atoms with Crippen molar-refractivity contribution in [2.45, 2.75) is 38.1 Å². The molecule has 3 rings (SSSR count). The number of alkyl halides is 3. The van der Waals surface area contributed by atoms with Crippen LogP contribution in [0.5, 0.6) is 17.2 Å². The highest BCUT2D eigenvalue weighted by atomic mass is 19.4. The fourth-order valence-corrected chi connectivity index (χ4v) is 3.24. The van der Waals surface area contributed by atoms with E-state index in [1.807, 2.05) is 13.8 Å². The molecule has 1 N–H and O–H groups in total. The Bertz CT molecular complexity index is 896. The molecule has 1 aliphatic heterocycles. The van der Waals surface area contributed by atoms with E-state index in [0.29, 0.717) is 17.9 Å². The van der Waals surface area contributed by atoms with Crippen molar-refractivity contribution in [3.63, 3.8) is 0 Å². The van der Waals surface area contributed by atoms with Crippen LogP contribution in [0.25, 0.3) is 0 Å². The summed E-state index contributed by atoms with van der Waals surface area (Å²) < 4.78 is 54.8. The Balaban J connectivity index is 1.69. The number of carbonyl (C=O) groups excluding carboxylic acids is 1. The van der Waals surface area contributed by atoms with Gasteiger partial charge in [-0.1, -0.05) is 6.07 Å². The lowest BCUT2D eigenvalue weighted by Crippen LogP contribution is -2.42. The number of ether oxygens (including phenoxy) is 3. The highest BCUT2D eigenvalue weighted by Gasteiger charge is 2.35. The number of hydrogen-bond donors (Lipinski definition) is 1. The van der Waals surface area contributed by atoms with Crippen LogP contribution in [0.1, 0.15) is 37.4 Å². The first-order chi connectivity index (χ1) is 13.6. The van der Waals surface area contributed by atoms with Crippen LogP contribution in [-0.2, 0) is 11.0 Å². The van der Waals surface area contributed by atoms with E-state index in [4.69, 9.17) is 14.2 Å². The van der Waals surface area contributed by atoms with Crippen LogP contribution in [0, 0.1) is 0 Å². The Morgan fingerprint density at radius 2 is 1.97 bits per heavy atom. The van der Waals surface area contributed by atoms with E-state index in [0.717, 1.165) is 17.7 Å². The lowest BCUT2D eigenvalue weighted by molar-refractivity contribution is -0.137. The minimum atomic E-state index is -4.47. The van der Waals surface area contributed by atoms with Crippen molar-refractivity contribution in [1.82, 2.24) is 5.32 Å². The van der Waals surface area contributed by atoms with E-state index in [1.54, 1.807) is 25.3 Å². The number of amides is 1. The number of benzene rings is 2. The van der Waals surface area contributed by atoms with Gasteiger partial charge in [-0.3, -0.25) is 4.79 Å². The van der Waals surface area contributed by atoms with Crippen LogP contribution in [-0.4, -0.2) is 25.2 Å². The summed E-state index contributed by atoms with van der Waals surface area (Å²) >= 11 is 0. The number of rotatable bonds is 5. The van der Waals surface area contributed by atoms with E-state index in [1.165, 1.54) is 12.1 Å². The van der Waals surface area contributed by atoms with E-state index < -0.39 is 29.9 Å². The molecule has 0 aromatic heterocycles. The first-order valence-corrected chi connectivity index (χ1v) is 9.04. The third kappa shape index (κ3) is 5.13. The molecule has 0 radical (unpaired) electrons. The van der Waals surface area contributed by atoms with Crippen molar-refractivity contribution in [3.8, 4) is 17.2 Å². The second-order valence-corrected chi connectivity index (χ2v) is 7.40. The first-order valence-electron chi connectivity index (χ1n) is 9.04. The molecule has 1 amide bonds. The van der Waals surface area contributed by atoms with Crippen molar-refractivity contribution in [2.24, 2.45) is 0 Å². The van der Waals surface area contributed by atoms with Crippen molar-refractivity contribution < 1.29 is 32.2 Å². The fourth-order valence-electron chi connectivity index (χ4n) is 3.24. The van der Waals surface area contributed by atoms with Gasteiger partial charge >= 0.3 is 6.18 Å². The molecule has 5 nitrogen and oxygen atoms in total. The molecule has 0 aliphatic carbocycles. The third-order valence-corrected chi connectivity index (χ3v) is 4.54. The molecule has 0 saturated carbocycles.